The Hall–Kier alpha value is -3.99. The van der Waals surface area contributed by atoms with E-state index in [0.29, 0.717) is 24.9 Å². The average Bonchev–Trinajstić information content (AvgIpc) is 2.86. The number of aliphatic hydroxyl groups excluding tert-OH is 1. The predicted molar refractivity (Wildman–Crippen MR) is 118 cm³/mol. The first-order chi connectivity index (χ1) is 16.8. The van der Waals surface area contributed by atoms with E-state index in [-0.39, 0.29) is 12.3 Å². The second-order valence-electron chi connectivity index (χ2n) is 8.16. The summed E-state index contributed by atoms with van der Waals surface area (Å²) in [6.07, 6.45) is 4.18. The van der Waals surface area contributed by atoms with Gasteiger partial charge in [-0.05, 0) is 30.9 Å². The zero-order chi connectivity index (χ0) is 25.4. The fraction of sp³-hybridized carbons (Fsp3) is 0.375. The fourth-order valence-electron chi connectivity index (χ4n) is 4.08. The molecule has 0 bridgehead atoms. The summed E-state index contributed by atoms with van der Waals surface area (Å²) < 4.78 is 6.82. The number of carboxylic acids is 2. The zero-order valence-corrected chi connectivity index (χ0v) is 18.9. The van der Waals surface area contributed by atoms with Crippen LogP contribution >= 0.6 is 0 Å². The number of ether oxygens (including phenoxy) is 1. The number of amides is 2. The lowest BCUT2D eigenvalue weighted by Crippen LogP contribution is -2.52. The van der Waals surface area contributed by atoms with E-state index in [2.05, 4.69) is 5.32 Å². The Bertz CT molecular complexity index is 1060. The van der Waals surface area contributed by atoms with Crippen LogP contribution in [0.2, 0.25) is 0 Å². The van der Waals surface area contributed by atoms with Gasteiger partial charge in [0.1, 0.15) is 5.56 Å². The molecule has 1 fully saturated rings. The molecule has 3 N–H and O–H groups in total. The molecule has 0 saturated carbocycles. The first-order valence-electron chi connectivity index (χ1n) is 11.1. The minimum atomic E-state index is -1.45. The Kier molecular flexibility index (Phi) is 8.74. The highest BCUT2D eigenvalue weighted by Crippen LogP contribution is 2.30. The summed E-state index contributed by atoms with van der Waals surface area (Å²) in [4.78, 5) is 49.6. The molecule has 0 aliphatic carbocycles. The summed E-state index contributed by atoms with van der Waals surface area (Å²) in [6, 6.07) is 9.50. The van der Waals surface area contributed by atoms with E-state index in [1.807, 2.05) is 0 Å². The second kappa shape index (κ2) is 11.9. The van der Waals surface area contributed by atoms with Crippen LogP contribution in [0.15, 0.2) is 54.9 Å². The molecule has 3 rings (SSSR count). The number of nitrogens with one attached hydrogen (secondary N) is 1. The topological polar surface area (TPSA) is 160 Å². The van der Waals surface area contributed by atoms with Gasteiger partial charge in [-0.15, -0.1) is 0 Å². The molecule has 11 heteroatoms. The van der Waals surface area contributed by atoms with Crippen molar-refractivity contribution in [2.24, 2.45) is 0 Å². The number of hydrogen-bond acceptors (Lipinski definition) is 7. The van der Waals surface area contributed by atoms with Crippen LogP contribution in [0.4, 0.5) is 4.79 Å². The van der Waals surface area contributed by atoms with Crippen LogP contribution in [0.3, 0.4) is 0 Å². The maximum Gasteiger partial charge on any atom is 0.414 e. The van der Waals surface area contributed by atoms with Crippen LogP contribution < -0.4 is 15.0 Å². The van der Waals surface area contributed by atoms with Gasteiger partial charge in [0.15, 0.2) is 18.4 Å². The molecule has 2 amide bonds. The molecular formula is C24H27N3O8. The molecule has 35 heavy (non-hydrogen) atoms. The maximum absolute atomic E-state index is 12.9. The molecule has 2 aromatic rings. The number of nitrogens with zero attached hydrogens (tertiary/aromatic N) is 2. The smallest absolute Gasteiger partial charge is 0.414 e. The van der Waals surface area contributed by atoms with E-state index < -0.39 is 48.5 Å². The number of likely N-dealkylation sites (tertiary alicyclic amines) is 1. The number of hydrogen-bond donors (Lipinski definition) is 3. The molecule has 1 aromatic heterocycles. The lowest BCUT2D eigenvalue weighted by Gasteiger charge is -2.40. The van der Waals surface area contributed by atoms with Gasteiger partial charge < -0.3 is 35.1 Å². The number of aromatic nitrogens is 1. The Balaban J connectivity index is 1.69. The van der Waals surface area contributed by atoms with Crippen LogP contribution in [0.1, 0.15) is 41.1 Å². The first-order valence-corrected chi connectivity index (χ1v) is 11.1. The minimum absolute atomic E-state index is 0.0974. The molecule has 0 unspecified atom stereocenters. The summed E-state index contributed by atoms with van der Waals surface area (Å²) in [5, 5.41) is 32.3. The minimum Gasteiger partial charge on any atom is -0.549 e. The molecule has 0 spiro atoms. The molecule has 2 heterocycles. The third-order valence-electron chi connectivity index (χ3n) is 5.82. The third-order valence-corrected chi connectivity index (χ3v) is 5.82. The van der Waals surface area contributed by atoms with Gasteiger partial charge in [0, 0.05) is 24.6 Å². The van der Waals surface area contributed by atoms with E-state index in [4.69, 9.17) is 14.9 Å². The number of aliphatic hydroxyl groups is 1. The molecule has 0 radical (unpaired) electrons. The standard InChI is InChI=1S/C24H27N3O8/c28-14-18(22(30)31)25-21(29)17-9-6-11-26(13-17)15-35-24(34)27-12-5-4-10-19(27)20(23(32)33)16-7-2-1-3-8-16/h1-3,6-9,11,13,18-20,28H,4-5,10,12,14-15H2,(H2-,25,29,30,31,32,33)/t18-,19+,20+/m0/s1. The largest absolute Gasteiger partial charge is 0.549 e. The summed E-state index contributed by atoms with van der Waals surface area (Å²) >= 11 is 0. The van der Waals surface area contributed by atoms with Crippen molar-refractivity contribution in [1.29, 1.82) is 0 Å². The van der Waals surface area contributed by atoms with Crippen molar-refractivity contribution in [3.63, 3.8) is 0 Å². The zero-order valence-electron chi connectivity index (χ0n) is 18.9. The summed E-state index contributed by atoms with van der Waals surface area (Å²) in [6.45, 7) is -0.684. The van der Waals surface area contributed by atoms with E-state index in [1.165, 1.54) is 27.8 Å². The van der Waals surface area contributed by atoms with Crippen LogP contribution in [0, 0.1) is 0 Å². The number of carbonyl (C=O) groups is 4. The first kappa shape index (κ1) is 25.6. The molecular weight excluding hydrogens is 458 g/mol. The van der Waals surface area contributed by atoms with Crippen LogP contribution in [-0.4, -0.2) is 64.3 Å². The Labute approximate surface area is 201 Å². The molecule has 1 aromatic carbocycles. The number of benzene rings is 1. The van der Waals surface area contributed by atoms with Gasteiger partial charge in [0.25, 0.3) is 12.6 Å². The fourth-order valence-corrected chi connectivity index (χ4v) is 4.08. The van der Waals surface area contributed by atoms with E-state index in [0.717, 1.165) is 6.42 Å². The van der Waals surface area contributed by atoms with Gasteiger partial charge in [-0.3, -0.25) is 4.79 Å². The van der Waals surface area contributed by atoms with Gasteiger partial charge in [0.2, 0.25) is 0 Å². The van der Waals surface area contributed by atoms with Gasteiger partial charge in [-0.25, -0.2) is 9.59 Å². The quantitative estimate of drug-likeness (QED) is 0.406. The third kappa shape index (κ3) is 6.54. The van der Waals surface area contributed by atoms with Gasteiger partial charge in [0.05, 0.1) is 12.6 Å². The van der Waals surface area contributed by atoms with E-state index in [1.54, 1.807) is 36.5 Å². The van der Waals surface area contributed by atoms with E-state index >= 15 is 0 Å². The number of carboxylic acid groups (broad SMARTS) is 2. The number of aliphatic carboxylic acids is 2. The van der Waals surface area contributed by atoms with E-state index in [9.17, 15) is 24.3 Å². The highest BCUT2D eigenvalue weighted by Gasteiger charge is 2.35. The Morgan fingerprint density at radius 3 is 2.54 bits per heavy atom. The van der Waals surface area contributed by atoms with Gasteiger partial charge >= 0.3 is 12.1 Å². The average molecular weight is 485 g/mol. The number of rotatable bonds is 9. The molecule has 186 valence electrons. The highest BCUT2D eigenvalue weighted by molar-refractivity contribution is 5.96. The molecule has 1 saturated heterocycles. The predicted octanol–water partition coefficient (Wildman–Crippen LogP) is -0.368. The maximum atomic E-state index is 12.9. The van der Waals surface area contributed by atoms with Crippen molar-refractivity contribution in [2.75, 3.05) is 13.2 Å². The van der Waals surface area contributed by atoms with Crippen molar-refractivity contribution < 1.29 is 43.8 Å². The van der Waals surface area contributed by atoms with Crippen molar-refractivity contribution in [3.8, 4) is 0 Å². The summed E-state index contributed by atoms with van der Waals surface area (Å²) in [7, 11) is 0. The lowest BCUT2D eigenvalue weighted by atomic mass is 9.85. The SMILES string of the molecule is O=C(N[C@@H](CO)C(=O)O)c1ccc[n+](COC(=O)N2CCCC[C@@H]2[C@H](C(=O)[O-])c2ccccc2)c1. The number of pyridine rings is 1. The number of carbonyl (C=O) groups excluding carboxylic acids is 3. The highest BCUT2D eigenvalue weighted by atomic mass is 16.6. The van der Waals surface area contributed by atoms with Crippen LogP contribution in [0.5, 0.6) is 0 Å². The summed E-state index contributed by atoms with van der Waals surface area (Å²) in [5.74, 6) is -4.36. The molecule has 11 nitrogen and oxygen atoms in total. The van der Waals surface area contributed by atoms with Crippen molar-refractivity contribution in [2.45, 2.75) is 44.0 Å². The molecule has 3 atom stereocenters. The Morgan fingerprint density at radius 1 is 1.14 bits per heavy atom. The van der Waals surface area contributed by atoms with Crippen LogP contribution in [0.25, 0.3) is 0 Å². The van der Waals surface area contributed by atoms with Gasteiger partial charge in [-0.2, -0.15) is 4.57 Å². The number of piperidine rings is 1. The normalized spacial score (nSPS) is 17.2. The van der Waals surface area contributed by atoms with Crippen molar-refractivity contribution >= 4 is 23.9 Å². The molecule has 1 aliphatic rings. The lowest BCUT2D eigenvalue weighted by molar-refractivity contribution is -0.727. The monoisotopic (exact) mass is 485 g/mol. The van der Waals surface area contributed by atoms with Crippen LogP contribution in [-0.2, 0) is 21.1 Å². The van der Waals surface area contributed by atoms with Gasteiger partial charge in [-0.1, -0.05) is 30.3 Å². The molecule has 1 aliphatic heterocycles. The van der Waals surface area contributed by atoms with Crippen molar-refractivity contribution in [1.82, 2.24) is 10.2 Å². The summed E-state index contributed by atoms with van der Waals surface area (Å²) in [5.41, 5.74) is 0.646. The second-order valence-corrected chi connectivity index (χ2v) is 8.16. The Morgan fingerprint density at radius 2 is 1.89 bits per heavy atom. The van der Waals surface area contributed by atoms with Crippen molar-refractivity contribution in [3.05, 3.63) is 66.0 Å².